The number of aromatic nitrogens is 2. The highest BCUT2D eigenvalue weighted by molar-refractivity contribution is 7.71. The van der Waals surface area contributed by atoms with Gasteiger partial charge in [0.2, 0.25) is 5.91 Å². The molecule has 2 N–H and O–H groups in total. The summed E-state index contributed by atoms with van der Waals surface area (Å²) in [5.41, 5.74) is 2.18. The molecule has 0 bridgehead atoms. The van der Waals surface area contributed by atoms with E-state index in [0.29, 0.717) is 34.9 Å². The lowest BCUT2D eigenvalue weighted by Gasteiger charge is -2.06. The summed E-state index contributed by atoms with van der Waals surface area (Å²) in [5.74, 6) is -0.138. The van der Waals surface area contributed by atoms with Crippen molar-refractivity contribution in [3.05, 3.63) is 28.3 Å². The molecule has 1 saturated carbocycles. The molecule has 0 aliphatic heterocycles. The Kier molecular flexibility index (Phi) is 3.80. The number of hydrogen-bond acceptors (Lipinski definition) is 2. The summed E-state index contributed by atoms with van der Waals surface area (Å²) in [4.78, 5) is 14.7. The molecule has 1 fully saturated rings. The van der Waals surface area contributed by atoms with Gasteiger partial charge in [0.05, 0.1) is 11.0 Å². The first kappa shape index (κ1) is 14.3. The van der Waals surface area contributed by atoms with E-state index in [4.69, 9.17) is 12.2 Å². The fourth-order valence-corrected chi connectivity index (χ4v) is 2.73. The number of carbonyl (C=O) groups excluding carboxylic acids is 1. The van der Waals surface area contributed by atoms with Crippen molar-refractivity contribution in [1.82, 2.24) is 14.9 Å². The monoisotopic (exact) mass is 307 g/mol. The molecule has 1 aliphatic rings. The molecule has 2 aromatic rings. The lowest BCUT2D eigenvalue weighted by molar-refractivity contribution is -0.121. The summed E-state index contributed by atoms with van der Waals surface area (Å²) >= 11 is 5.28. The molecule has 1 aliphatic carbocycles. The molecular weight excluding hydrogens is 289 g/mol. The summed E-state index contributed by atoms with van der Waals surface area (Å²) in [6.45, 7) is 2.39. The van der Waals surface area contributed by atoms with Gasteiger partial charge in [0, 0.05) is 19.0 Å². The average Bonchev–Trinajstić information content (AvgIpc) is 3.18. The van der Waals surface area contributed by atoms with Crippen LogP contribution in [0, 0.1) is 17.5 Å². The van der Waals surface area contributed by atoms with Gasteiger partial charge in [-0.15, -0.1) is 0 Å². The third-order valence-corrected chi connectivity index (χ3v) is 4.10. The van der Waals surface area contributed by atoms with Crippen LogP contribution in [0.4, 0.5) is 4.39 Å². The molecule has 0 saturated heterocycles. The Morgan fingerprint density at radius 3 is 3.00 bits per heavy atom. The van der Waals surface area contributed by atoms with Crippen LogP contribution in [0.5, 0.6) is 0 Å². The first-order valence-corrected chi connectivity index (χ1v) is 7.63. The maximum absolute atomic E-state index is 13.6. The van der Waals surface area contributed by atoms with E-state index in [0.717, 1.165) is 24.8 Å². The standard InChI is InChI=1S/C15H18FN3OS/c1-9-7-13-12(8-11(9)16)18-15(21)19(13)6-2-3-14(20)17-10-4-5-10/h7-8,10H,2-6H2,1H3,(H,17,20)(H,18,21). The second kappa shape index (κ2) is 5.60. The number of H-pyrrole nitrogens is 1. The fourth-order valence-electron chi connectivity index (χ4n) is 2.43. The highest BCUT2D eigenvalue weighted by Crippen LogP contribution is 2.20. The molecule has 1 aromatic carbocycles. The minimum Gasteiger partial charge on any atom is -0.353 e. The molecule has 112 valence electrons. The van der Waals surface area contributed by atoms with Gasteiger partial charge in [-0.2, -0.15) is 0 Å². The van der Waals surface area contributed by atoms with Crippen molar-refractivity contribution in [2.75, 3.05) is 0 Å². The second-order valence-electron chi connectivity index (χ2n) is 5.65. The molecular formula is C15H18FN3OS. The zero-order valence-corrected chi connectivity index (χ0v) is 12.7. The van der Waals surface area contributed by atoms with E-state index in [1.807, 2.05) is 4.57 Å². The predicted octanol–water partition coefficient (Wildman–Crippen LogP) is 3.21. The van der Waals surface area contributed by atoms with Gasteiger partial charge in [0.25, 0.3) is 0 Å². The number of aryl methyl sites for hydroxylation is 2. The summed E-state index contributed by atoms with van der Waals surface area (Å²) in [6.07, 6.45) is 3.41. The normalized spacial score (nSPS) is 14.6. The van der Waals surface area contributed by atoms with Gasteiger partial charge in [0.15, 0.2) is 4.77 Å². The maximum atomic E-state index is 13.6. The third kappa shape index (κ3) is 3.15. The highest BCUT2D eigenvalue weighted by atomic mass is 32.1. The van der Waals surface area contributed by atoms with Crippen molar-refractivity contribution >= 4 is 29.2 Å². The van der Waals surface area contributed by atoms with Gasteiger partial charge < -0.3 is 14.9 Å². The van der Waals surface area contributed by atoms with Crippen molar-refractivity contribution in [3.8, 4) is 0 Å². The molecule has 0 unspecified atom stereocenters. The molecule has 3 rings (SSSR count). The summed E-state index contributed by atoms with van der Waals surface area (Å²) in [5, 5.41) is 2.97. The maximum Gasteiger partial charge on any atom is 0.220 e. The first-order chi connectivity index (χ1) is 10.0. The van der Waals surface area contributed by atoms with Crippen LogP contribution in [-0.2, 0) is 11.3 Å². The number of halogens is 1. The minimum absolute atomic E-state index is 0.103. The second-order valence-corrected chi connectivity index (χ2v) is 6.03. The number of rotatable bonds is 5. The molecule has 1 amide bonds. The molecule has 4 nitrogen and oxygen atoms in total. The zero-order chi connectivity index (χ0) is 15.0. The Bertz CT molecular complexity index is 745. The molecule has 0 radical (unpaired) electrons. The van der Waals surface area contributed by atoms with Crippen LogP contribution in [0.25, 0.3) is 11.0 Å². The molecule has 6 heteroatoms. The van der Waals surface area contributed by atoms with Crippen molar-refractivity contribution in [2.24, 2.45) is 0 Å². The largest absolute Gasteiger partial charge is 0.353 e. The lowest BCUT2D eigenvalue weighted by atomic mass is 10.2. The van der Waals surface area contributed by atoms with E-state index in [9.17, 15) is 9.18 Å². The number of hydrogen-bond donors (Lipinski definition) is 2. The Hall–Kier alpha value is -1.69. The summed E-state index contributed by atoms with van der Waals surface area (Å²) in [6, 6.07) is 3.66. The quantitative estimate of drug-likeness (QED) is 0.833. The zero-order valence-electron chi connectivity index (χ0n) is 11.9. The predicted molar refractivity (Wildman–Crippen MR) is 82.2 cm³/mol. The van der Waals surface area contributed by atoms with E-state index >= 15 is 0 Å². The number of nitrogens with one attached hydrogen (secondary N) is 2. The van der Waals surface area contributed by atoms with Gasteiger partial charge in [-0.1, -0.05) is 0 Å². The number of fused-ring (bicyclic) bond motifs is 1. The van der Waals surface area contributed by atoms with E-state index in [2.05, 4.69) is 10.3 Å². The number of amides is 1. The van der Waals surface area contributed by atoms with Gasteiger partial charge in [-0.3, -0.25) is 4.79 Å². The number of imidazole rings is 1. The van der Waals surface area contributed by atoms with Crippen LogP contribution >= 0.6 is 12.2 Å². The van der Waals surface area contributed by atoms with E-state index < -0.39 is 0 Å². The molecule has 0 spiro atoms. The number of aromatic amines is 1. The van der Waals surface area contributed by atoms with Crippen molar-refractivity contribution in [1.29, 1.82) is 0 Å². The van der Waals surface area contributed by atoms with Crippen LogP contribution in [0.15, 0.2) is 12.1 Å². The van der Waals surface area contributed by atoms with Gasteiger partial charge in [-0.05, 0) is 56.1 Å². The Morgan fingerprint density at radius 1 is 1.52 bits per heavy atom. The SMILES string of the molecule is Cc1cc2c(cc1F)[nH]c(=S)n2CCCC(=O)NC1CC1. The smallest absolute Gasteiger partial charge is 0.220 e. The van der Waals surface area contributed by atoms with E-state index in [1.165, 1.54) is 6.07 Å². The van der Waals surface area contributed by atoms with Gasteiger partial charge in [0.1, 0.15) is 5.82 Å². The average molecular weight is 307 g/mol. The van der Waals surface area contributed by atoms with Crippen LogP contribution in [-0.4, -0.2) is 21.5 Å². The van der Waals surface area contributed by atoms with Crippen LogP contribution < -0.4 is 5.32 Å². The van der Waals surface area contributed by atoms with Crippen LogP contribution in [0.1, 0.15) is 31.2 Å². The third-order valence-electron chi connectivity index (χ3n) is 3.78. The molecule has 21 heavy (non-hydrogen) atoms. The fraction of sp³-hybridized carbons (Fsp3) is 0.467. The number of benzene rings is 1. The Labute approximate surface area is 127 Å². The van der Waals surface area contributed by atoms with Gasteiger partial charge >= 0.3 is 0 Å². The molecule has 0 atom stereocenters. The van der Waals surface area contributed by atoms with Gasteiger partial charge in [-0.25, -0.2) is 4.39 Å². The number of carbonyl (C=O) groups is 1. The van der Waals surface area contributed by atoms with E-state index in [-0.39, 0.29) is 11.7 Å². The molecule has 1 heterocycles. The van der Waals surface area contributed by atoms with Crippen molar-refractivity contribution in [2.45, 2.75) is 45.2 Å². The highest BCUT2D eigenvalue weighted by Gasteiger charge is 2.22. The lowest BCUT2D eigenvalue weighted by Crippen LogP contribution is -2.25. The first-order valence-electron chi connectivity index (χ1n) is 7.22. The topological polar surface area (TPSA) is 49.8 Å². The van der Waals surface area contributed by atoms with Crippen LogP contribution in [0.3, 0.4) is 0 Å². The van der Waals surface area contributed by atoms with Crippen LogP contribution in [0.2, 0.25) is 0 Å². The van der Waals surface area contributed by atoms with E-state index in [1.54, 1.807) is 13.0 Å². The molecule has 1 aromatic heterocycles. The summed E-state index contributed by atoms with van der Waals surface area (Å²) in [7, 11) is 0. The number of nitrogens with zero attached hydrogens (tertiary/aromatic N) is 1. The summed E-state index contributed by atoms with van der Waals surface area (Å²) < 4.78 is 16.1. The van der Waals surface area contributed by atoms with Crippen molar-refractivity contribution in [3.63, 3.8) is 0 Å². The minimum atomic E-state index is -0.241. The Balaban J connectivity index is 1.71. The van der Waals surface area contributed by atoms with Crippen molar-refractivity contribution < 1.29 is 9.18 Å². The Morgan fingerprint density at radius 2 is 2.29 bits per heavy atom.